The Bertz CT molecular complexity index is 484. The fourth-order valence-electron chi connectivity index (χ4n) is 1.48. The van der Waals surface area contributed by atoms with E-state index in [0.29, 0.717) is 0 Å². The van der Waals surface area contributed by atoms with Gasteiger partial charge < -0.3 is 11.5 Å². The van der Waals surface area contributed by atoms with Crippen molar-refractivity contribution in [1.29, 1.82) is 0 Å². The zero-order valence-corrected chi connectivity index (χ0v) is 9.15. The first-order chi connectivity index (χ1) is 6.91. The molecule has 1 aromatic heterocycles. The van der Waals surface area contributed by atoms with E-state index in [-0.39, 0.29) is 24.1 Å². The molecule has 0 aromatic carbocycles. The largest absolute Gasteiger partial charge is 0.391 e. The van der Waals surface area contributed by atoms with Gasteiger partial charge in [0.25, 0.3) is 5.56 Å². The van der Waals surface area contributed by atoms with Crippen LogP contribution < -0.4 is 22.7 Å². The smallest absolute Gasteiger partial charge is 0.332 e. The molecule has 0 bridgehead atoms. The van der Waals surface area contributed by atoms with Gasteiger partial charge in [0.15, 0.2) is 0 Å². The Hall–Kier alpha value is -1.72. The average Bonchev–Trinajstić information content (AvgIpc) is 2.15. The summed E-state index contributed by atoms with van der Waals surface area (Å²) in [6.45, 7) is 5.61. The Balaban J connectivity index is 3.77. The summed E-state index contributed by atoms with van der Waals surface area (Å²) < 4.78 is 2.39. The molecule has 0 unspecified atom stereocenters. The maximum Gasteiger partial charge on any atom is 0.332 e. The quantitative estimate of drug-likeness (QED) is 0.708. The van der Waals surface area contributed by atoms with Crippen LogP contribution >= 0.6 is 0 Å². The standard InChI is InChI=1S/C9H16N4O2/c1-4-12-8(14)6(10)7(11)13(5(2)3)9(12)15/h5H,4,10-11H2,1-3H3. The summed E-state index contributed by atoms with van der Waals surface area (Å²) in [5.74, 6) is 0.0460. The van der Waals surface area contributed by atoms with Gasteiger partial charge in [-0.05, 0) is 20.8 Å². The summed E-state index contributed by atoms with van der Waals surface area (Å²) in [5.41, 5.74) is 10.2. The number of nitrogens with two attached hydrogens (primary N) is 2. The lowest BCUT2D eigenvalue weighted by Gasteiger charge is -2.16. The fourth-order valence-corrected chi connectivity index (χ4v) is 1.48. The van der Waals surface area contributed by atoms with E-state index >= 15 is 0 Å². The van der Waals surface area contributed by atoms with E-state index in [9.17, 15) is 9.59 Å². The molecule has 6 heteroatoms. The van der Waals surface area contributed by atoms with Crippen molar-refractivity contribution >= 4 is 11.5 Å². The van der Waals surface area contributed by atoms with Crippen molar-refractivity contribution in [3.05, 3.63) is 20.8 Å². The third-order valence-corrected chi connectivity index (χ3v) is 2.28. The number of nitrogens with zero attached hydrogens (tertiary/aromatic N) is 2. The van der Waals surface area contributed by atoms with E-state index in [1.165, 1.54) is 4.57 Å². The van der Waals surface area contributed by atoms with Crippen LogP contribution in [-0.2, 0) is 6.54 Å². The topological polar surface area (TPSA) is 96.0 Å². The highest BCUT2D eigenvalue weighted by Gasteiger charge is 2.15. The third-order valence-electron chi connectivity index (χ3n) is 2.28. The molecule has 0 saturated carbocycles. The zero-order valence-electron chi connectivity index (χ0n) is 9.15. The summed E-state index contributed by atoms with van der Waals surface area (Å²) in [6, 6.07) is -0.127. The third kappa shape index (κ3) is 1.62. The molecular weight excluding hydrogens is 196 g/mol. The normalized spacial score (nSPS) is 10.9. The maximum absolute atomic E-state index is 11.8. The number of rotatable bonds is 2. The Morgan fingerprint density at radius 3 is 2.20 bits per heavy atom. The van der Waals surface area contributed by atoms with E-state index in [4.69, 9.17) is 11.5 Å². The summed E-state index contributed by atoms with van der Waals surface area (Å²) in [5, 5.41) is 0. The lowest BCUT2D eigenvalue weighted by Crippen LogP contribution is -2.42. The SMILES string of the molecule is CCn1c(=O)c(N)c(N)n(C(C)C)c1=O. The molecule has 0 spiro atoms. The molecule has 0 aliphatic rings. The van der Waals surface area contributed by atoms with Crippen LogP contribution in [-0.4, -0.2) is 9.13 Å². The van der Waals surface area contributed by atoms with Crippen LogP contribution in [0.4, 0.5) is 11.5 Å². The summed E-state index contributed by atoms with van der Waals surface area (Å²) >= 11 is 0. The van der Waals surface area contributed by atoms with Crippen LogP contribution in [0.1, 0.15) is 26.8 Å². The summed E-state index contributed by atoms with van der Waals surface area (Å²) in [4.78, 5) is 23.4. The number of anilines is 2. The van der Waals surface area contributed by atoms with Crippen LogP contribution in [0.3, 0.4) is 0 Å². The van der Waals surface area contributed by atoms with Gasteiger partial charge in [0, 0.05) is 12.6 Å². The van der Waals surface area contributed by atoms with Gasteiger partial charge in [0.2, 0.25) is 0 Å². The minimum atomic E-state index is -0.517. The van der Waals surface area contributed by atoms with Gasteiger partial charge in [0.05, 0.1) is 0 Å². The van der Waals surface area contributed by atoms with Crippen molar-refractivity contribution in [1.82, 2.24) is 9.13 Å². The van der Waals surface area contributed by atoms with Crippen LogP contribution in [0, 0.1) is 0 Å². The molecule has 1 aromatic rings. The predicted molar refractivity (Wildman–Crippen MR) is 59.8 cm³/mol. The highest BCUT2D eigenvalue weighted by molar-refractivity contribution is 5.56. The Morgan fingerprint density at radius 2 is 1.80 bits per heavy atom. The minimum absolute atomic E-state index is 0.0460. The number of hydrogen-bond donors (Lipinski definition) is 2. The van der Waals surface area contributed by atoms with E-state index in [1.807, 2.05) is 13.8 Å². The maximum atomic E-state index is 11.8. The molecule has 0 atom stereocenters. The van der Waals surface area contributed by atoms with Gasteiger partial charge in [-0.2, -0.15) is 0 Å². The van der Waals surface area contributed by atoms with Crippen LogP contribution in [0.15, 0.2) is 9.59 Å². The Labute approximate surface area is 87.1 Å². The van der Waals surface area contributed by atoms with Gasteiger partial charge in [-0.25, -0.2) is 4.79 Å². The van der Waals surface area contributed by atoms with E-state index in [1.54, 1.807) is 6.92 Å². The highest BCUT2D eigenvalue weighted by Crippen LogP contribution is 2.11. The van der Waals surface area contributed by atoms with Crippen molar-refractivity contribution < 1.29 is 0 Å². The first-order valence-corrected chi connectivity index (χ1v) is 4.82. The lowest BCUT2D eigenvalue weighted by atomic mass is 10.3. The molecule has 15 heavy (non-hydrogen) atoms. The predicted octanol–water partition coefficient (Wildman–Crippen LogP) is -0.225. The molecule has 0 aliphatic carbocycles. The average molecular weight is 212 g/mol. The van der Waals surface area contributed by atoms with Gasteiger partial charge >= 0.3 is 5.69 Å². The van der Waals surface area contributed by atoms with Gasteiger partial charge in [0.1, 0.15) is 11.5 Å². The Kier molecular flexibility index (Phi) is 2.88. The van der Waals surface area contributed by atoms with E-state index < -0.39 is 11.2 Å². The van der Waals surface area contributed by atoms with Crippen molar-refractivity contribution in [2.45, 2.75) is 33.4 Å². The van der Waals surface area contributed by atoms with E-state index in [2.05, 4.69) is 0 Å². The number of aromatic nitrogens is 2. The molecule has 0 radical (unpaired) electrons. The highest BCUT2D eigenvalue weighted by atomic mass is 16.2. The molecule has 0 saturated heterocycles. The Morgan fingerprint density at radius 1 is 1.27 bits per heavy atom. The molecule has 4 N–H and O–H groups in total. The second-order valence-electron chi connectivity index (χ2n) is 3.59. The fraction of sp³-hybridized carbons (Fsp3) is 0.556. The molecule has 0 amide bonds. The zero-order chi connectivity index (χ0) is 11.7. The van der Waals surface area contributed by atoms with Crippen molar-refractivity contribution in [3.63, 3.8) is 0 Å². The van der Waals surface area contributed by atoms with Gasteiger partial charge in [-0.15, -0.1) is 0 Å². The molecule has 84 valence electrons. The van der Waals surface area contributed by atoms with Crippen LogP contribution in [0.5, 0.6) is 0 Å². The lowest BCUT2D eigenvalue weighted by molar-refractivity contribution is 0.525. The van der Waals surface area contributed by atoms with Crippen molar-refractivity contribution in [2.75, 3.05) is 11.5 Å². The molecule has 0 aliphatic heterocycles. The monoisotopic (exact) mass is 212 g/mol. The first-order valence-electron chi connectivity index (χ1n) is 4.82. The van der Waals surface area contributed by atoms with Crippen molar-refractivity contribution in [3.8, 4) is 0 Å². The van der Waals surface area contributed by atoms with Gasteiger partial charge in [-0.1, -0.05) is 0 Å². The minimum Gasteiger partial charge on any atom is -0.391 e. The summed E-state index contributed by atoms with van der Waals surface area (Å²) in [6.07, 6.45) is 0. The number of hydrogen-bond acceptors (Lipinski definition) is 4. The molecule has 0 fully saturated rings. The molecular formula is C9H16N4O2. The second-order valence-corrected chi connectivity index (χ2v) is 3.59. The first kappa shape index (κ1) is 11.4. The number of nitrogen functional groups attached to an aromatic ring is 2. The van der Waals surface area contributed by atoms with Crippen LogP contribution in [0.25, 0.3) is 0 Å². The van der Waals surface area contributed by atoms with Crippen molar-refractivity contribution in [2.24, 2.45) is 0 Å². The summed E-state index contributed by atoms with van der Waals surface area (Å²) in [7, 11) is 0. The van der Waals surface area contributed by atoms with Crippen LogP contribution in [0.2, 0.25) is 0 Å². The second kappa shape index (κ2) is 3.80. The van der Waals surface area contributed by atoms with Gasteiger partial charge in [-0.3, -0.25) is 13.9 Å². The molecule has 1 heterocycles. The van der Waals surface area contributed by atoms with E-state index in [0.717, 1.165) is 4.57 Å². The molecule has 6 nitrogen and oxygen atoms in total. The molecule has 1 rings (SSSR count).